The molecule has 1 atom stereocenters. The summed E-state index contributed by atoms with van der Waals surface area (Å²) in [6, 6.07) is 12.3. The van der Waals surface area contributed by atoms with Gasteiger partial charge in [0.1, 0.15) is 6.04 Å². The van der Waals surface area contributed by atoms with Gasteiger partial charge in [0.25, 0.3) is 5.69 Å². The van der Waals surface area contributed by atoms with E-state index in [2.05, 4.69) is 15.5 Å². The minimum absolute atomic E-state index is 0.0441. The predicted molar refractivity (Wildman–Crippen MR) is 97.5 cm³/mol. The van der Waals surface area contributed by atoms with Gasteiger partial charge in [-0.15, -0.1) is 5.10 Å². The molecule has 1 aromatic heterocycles. The van der Waals surface area contributed by atoms with Gasteiger partial charge in [-0.1, -0.05) is 17.7 Å². The van der Waals surface area contributed by atoms with Crippen molar-refractivity contribution in [3.8, 4) is 5.69 Å². The van der Waals surface area contributed by atoms with Crippen molar-refractivity contribution in [2.24, 2.45) is 0 Å². The third-order valence-corrected chi connectivity index (χ3v) is 4.33. The van der Waals surface area contributed by atoms with Gasteiger partial charge >= 0.3 is 0 Å². The fourth-order valence-corrected chi connectivity index (χ4v) is 2.85. The van der Waals surface area contributed by atoms with Crippen molar-refractivity contribution >= 4 is 23.2 Å². The highest BCUT2D eigenvalue weighted by atomic mass is 35.5. The summed E-state index contributed by atoms with van der Waals surface area (Å²) in [6.07, 6.45) is 0. The van der Waals surface area contributed by atoms with E-state index < -0.39 is 11.0 Å². The number of hydrogen-bond donors (Lipinski definition) is 0. The molecule has 3 rings (SSSR count). The lowest BCUT2D eigenvalue weighted by atomic mass is 10.0. The van der Waals surface area contributed by atoms with Gasteiger partial charge in [-0.05, 0) is 46.3 Å². The summed E-state index contributed by atoms with van der Waals surface area (Å²) in [7, 11) is 1.62. The van der Waals surface area contributed by atoms with Crippen molar-refractivity contribution in [1.82, 2.24) is 25.1 Å². The number of rotatable bonds is 5. The van der Waals surface area contributed by atoms with E-state index in [1.54, 1.807) is 43.4 Å². The van der Waals surface area contributed by atoms with Gasteiger partial charge in [-0.25, -0.2) is 0 Å². The van der Waals surface area contributed by atoms with Crippen molar-refractivity contribution < 1.29 is 9.72 Å². The fraction of sp³-hybridized carbons (Fsp3) is 0.176. The van der Waals surface area contributed by atoms with E-state index in [4.69, 9.17) is 11.6 Å². The number of nitro groups is 1. The molecule has 0 fully saturated rings. The molecule has 1 unspecified atom stereocenters. The second-order valence-electron chi connectivity index (χ2n) is 5.81. The number of nitrogens with zero attached hydrogens (tertiary/aromatic N) is 6. The first-order valence-electron chi connectivity index (χ1n) is 7.90. The van der Waals surface area contributed by atoms with E-state index in [0.29, 0.717) is 22.1 Å². The molecule has 138 valence electrons. The highest BCUT2D eigenvalue weighted by Crippen LogP contribution is 2.29. The van der Waals surface area contributed by atoms with Gasteiger partial charge in [0.15, 0.2) is 5.82 Å². The van der Waals surface area contributed by atoms with Crippen LogP contribution >= 0.6 is 11.6 Å². The summed E-state index contributed by atoms with van der Waals surface area (Å²) >= 11 is 6.06. The molecule has 0 aliphatic carbocycles. The van der Waals surface area contributed by atoms with Crippen LogP contribution < -0.4 is 0 Å². The summed E-state index contributed by atoms with van der Waals surface area (Å²) in [5.74, 6) is 0.169. The smallest absolute Gasteiger partial charge is 0.269 e. The second kappa shape index (κ2) is 7.50. The minimum Gasteiger partial charge on any atom is -0.332 e. The lowest BCUT2D eigenvalue weighted by Gasteiger charge is -2.26. The molecule has 27 heavy (non-hydrogen) atoms. The average Bonchev–Trinajstić information content (AvgIpc) is 3.11. The van der Waals surface area contributed by atoms with Crippen LogP contribution in [0.1, 0.15) is 24.4 Å². The Morgan fingerprint density at radius 1 is 1.26 bits per heavy atom. The Labute approximate surface area is 159 Å². The number of tetrazole rings is 1. The van der Waals surface area contributed by atoms with Crippen LogP contribution in [0.15, 0.2) is 48.5 Å². The van der Waals surface area contributed by atoms with Crippen LogP contribution in [-0.4, -0.2) is 43.0 Å². The lowest BCUT2D eigenvalue weighted by Crippen LogP contribution is -2.32. The number of carbonyl (C=O) groups is 1. The Morgan fingerprint density at radius 2 is 1.96 bits per heavy atom. The number of nitro benzene ring substituents is 1. The van der Waals surface area contributed by atoms with Crippen LogP contribution in [0.5, 0.6) is 0 Å². The maximum atomic E-state index is 12.0. The van der Waals surface area contributed by atoms with Crippen LogP contribution in [-0.2, 0) is 4.79 Å². The molecule has 0 spiro atoms. The van der Waals surface area contributed by atoms with Gasteiger partial charge in [-0.2, -0.15) is 4.68 Å². The zero-order chi connectivity index (χ0) is 19.6. The molecule has 0 radical (unpaired) electrons. The second-order valence-corrected chi connectivity index (χ2v) is 6.25. The standard InChI is InChI=1S/C17H15ClN6O3/c1-11(25)22(2)16(12-6-8-14(9-7-12)24(26)27)17-19-20-21-23(17)15-5-3-4-13(18)10-15/h3-10,16H,1-2H3. The van der Waals surface area contributed by atoms with Gasteiger partial charge in [0.05, 0.1) is 10.6 Å². The highest BCUT2D eigenvalue weighted by molar-refractivity contribution is 6.30. The minimum atomic E-state index is -0.641. The molecule has 1 amide bonds. The Hall–Kier alpha value is -3.33. The van der Waals surface area contributed by atoms with Crippen LogP contribution in [0.3, 0.4) is 0 Å². The Morgan fingerprint density at radius 3 is 2.56 bits per heavy atom. The molecular weight excluding hydrogens is 372 g/mol. The Balaban J connectivity index is 2.12. The summed E-state index contributed by atoms with van der Waals surface area (Å²) in [5, 5.41) is 23.3. The monoisotopic (exact) mass is 386 g/mol. The van der Waals surface area contributed by atoms with E-state index >= 15 is 0 Å². The molecule has 0 saturated carbocycles. The van der Waals surface area contributed by atoms with Crippen molar-refractivity contribution in [1.29, 1.82) is 0 Å². The molecule has 10 heteroatoms. The molecule has 0 aliphatic heterocycles. The van der Waals surface area contributed by atoms with Crippen molar-refractivity contribution in [2.75, 3.05) is 7.05 Å². The van der Waals surface area contributed by atoms with Gasteiger partial charge < -0.3 is 4.90 Å². The topological polar surface area (TPSA) is 107 Å². The number of halogens is 1. The normalized spacial score (nSPS) is 11.8. The molecule has 0 N–H and O–H groups in total. The van der Waals surface area contributed by atoms with E-state index in [-0.39, 0.29) is 11.6 Å². The lowest BCUT2D eigenvalue weighted by molar-refractivity contribution is -0.384. The van der Waals surface area contributed by atoms with Crippen LogP contribution in [0.25, 0.3) is 5.69 Å². The molecular formula is C17H15ClN6O3. The number of non-ortho nitro benzene ring substituents is 1. The van der Waals surface area contributed by atoms with E-state index in [1.807, 2.05) is 0 Å². The number of benzene rings is 2. The van der Waals surface area contributed by atoms with Crippen molar-refractivity contribution in [3.63, 3.8) is 0 Å². The molecule has 0 aliphatic rings. The van der Waals surface area contributed by atoms with Gasteiger partial charge in [-0.3, -0.25) is 14.9 Å². The largest absolute Gasteiger partial charge is 0.332 e. The number of amides is 1. The Bertz CT molecular complexity index is 988. The molecule has 1 heterocycles. The summed E-state index contributed by atoms with van der Waals surface area (Å²) in [5.41, 5.74) is 1.22. The molecule has 2 aromatic carbocycles. The third-order valence-electron chi connectivity index (χ3n) is 4.09. The highest BCUT2D eigenvalue weighted by Gasteiger charge is 2.28. The summed E-state index contributed by atoms with van der Waals surface area (Å²) < 4.78 is 1.48. The quantitative estimate of drug-likeness (QED) is 0.493. The first-order valence-corrected chi connectivity index (χ1v) is 8.28. The van der Waals surface area contributed by atoms with Crippen molar-refractivity contribution in [3.05, 3.63) is 75.1 Å². The van der Waals surface area contributed by atoms with Crippen LogP contribution in [0.2, 0.25) is 5.02 Å². The molecule has 0 bridgehead atoms. The zero-order valence-electron chi connectivity index (χ0n) is 14.5. The number of aromatic nitrogens is 4. The molecule has 0 saturated heterocycles. The zero-order valence-corrected chi connectivity index (χ0v) is 15.2. The van der Waals surface area contributed by atoms with Crippen LogP contribution in [0, 0.1) is 10.1 Å². The van der Waals surface area contributed by atoms with E-state index in [9.17, 15) is 14.9 Å². The average molecular weight is 387 g/mol. The van der Waals surface area contributed by atoms with Crippen LogP contribution in [0.4, 0.5) is 5.69 Å². The van der Waals surface area contributed by atoms with Gasteiger partial charge in [0, 0.05) is 31.1 Å². The Kier molecular flexibility index (Phi) is 5.13. The fourth-order valence-electron chi connectivity index (χ4n) is 2.66. The van der Waals surface area contributed by atoms with Gasteiger partial charge in [0.2, 0.25) is 5.91 Å². The number of carbonyl (C=O) groups excluding carboxylic acids is 1. The summed E-state index contributed by atoms with van der Waals surface area (Å²) in [6.45, 7) is 1.42. The first kappa shape index (κ1) is 18.5. The van der Waals surface area contributed by atoms with Crippen molar-refractivity contribution in [2.45, 2.75) is 13.0 Å². The molecule has 9 nitrogen and oxygen atoms in total. The predicted octanol–water partition coefficient (Wildman–Crippen LogP) is 2.79. The first-order chi connectivity index (χ1) is 12.9. The third kappa shape index (κ3) is 3.77. The summed E-state index contributed by atoms with van der Waals surface area (Å²) in [4.78, 5) is 23.9. The van der Waals surface area contributed by atoms with E-state index in [0.717, 1.165) is 0 Å². The number of hydrogen-bond acceptors (Lipinski definition) is 6. The SMILES string of the molecule is CC(=O)N(C)C(c1ccc([N+](=O)[O-])cc1)c1nnnn1-c1cccc(Cl)c1. The molecule has 3 aromatic rings. The maximum absolute atomic E-state index is 12.0. The maximum Gasteiger partial charge on any atom is 0.269 e. The van der Waals surface area contributed by atoms with E-state index in [1.165, 1.54) is 28.6 Å².